The number of hydrogen-bond donors (Lipinski definition) is 0. The van der Waals surface area contributed by atoms with Gasteiger partial charge in [-0.15, -0.1) is 0 Å². The molecule has 1 unspecified atom stereocenters. The minimum Gasteiger partial charge on any atom is -0.464 e. The lowest BCUT2D eigenvalue weighted by molar-refractivity contribution is -0.157. The number of carbonyl (C=O) groups is 2. The molecule has 0 fully saturated rings. The quantitative estimate of drug-likeness (QED) is 0.393. The van der Waals surface area contributed by atoms with Gasteiger partial charge in [0, 0.05) is 0 Å². The first-order chi connectivity index (χ1) is 10.1. The molecule has 0 aliphatic rings. The normalized spacial score (nSPS) is 11.7. The summed E-state index contributed by atoms with van der Waals surface area (Å²) in [7, 11) is 0. The van der Waals surface area contributed by atoms with E-state index >= 15 is 0 Å². The first kappa shape index (κ1) is 17.1. The Balaban J connectivity index is 2.12. The predicted octanol–water partition coefficient (Wildman–Crippen LogP) is 1.79. The number of ether oxygens (including phenoxy) is 4. The lowest BCUT2D eigenvalue weighted by Gasteiger charge is -2.13. The zero-order valence-corrected chi connectivity index (χ0v) is 12.2. The van der Waals surface area contributed by atoms with Crippen LogP contribution in [-0.2, 0) is 23.7 Å². The Kier molecular flexibility index (Phi) is 8.08. The van der Waals surface area contributed by atoms with Crippen LogP contribution >= 0.6 is 0 Å². The maximum Gasteiger partial charge on any atom is 0.338 e. The first-order valence-electron chi connectivity index (χ1n) is 6.70. The SMILES string of the molecule is CCOC(=O)COCOC(C)COC(=O)c1ccccc1. The molecule has 0 spiro atoms. The van der Waals surface area contributed by atoms with Gasteiger partial charge in [-0.25, -0.2) is 9.59 Å². The molecular weight excluding hydrogens is 276 g/mol. The van der Waals surface area contributed by atoms with Gasteiger partial charge in [0.2, 0.25) is 0 Å². The fraction of sp³-hybridized carbons (Fsp3) is 0.467. The third kappa shape index (κ3) is 7.43. The maximum absolute atomic E-state index is 11.7. The number of carbonyl (C=O) groups excluding carboxylic acids is 2. The number of rotatable bonds is 9. The van der Waals surface area contributed by atoms with Gasteiger partial charge in [-0.1, -0.05) is 18.2 Å². The van der Waals surface area contributed by atoms with E-state index in [2.05, 4.69) is 4.74 Å². The van der Waals surface area contributed by atoms with Gasteiger partial charge >= 0.3 is 11.9 Å². The van der Waals surface area contributed by atoms with Crippen LogP contribution in [0.5, 0.6) is 0 Å². The second kappa shape index (κ2) is 9.90. The molecule has 0 saturated heterocycles. The van der Waals surface area contributed by atoms with E-state index in [1.54, 1.807) is 38.1 Å². The van der Waals surface area contributed by atoms with E-state index in [0.29, 0.717) is 12.2 Å². The second-order valence-electron chi connectivity index (χ2n) is 4.21. The van der Waals surface area contributed by atoms with E-state index in [9.17, 15) is 9.59 Å². The monoisotopic (exact) mass is 296 g/mol. The van der Waals surface area contributed by atoms with Gasteiger partial charge in [-0.3, -0.25) is 0 Å². The predicted molar refractivity (Wildman–Crippen MR) is 74.7 cm³/mol. The zero-order chi connectivity index (χ0) is 15.5. The fourth-order valence-electron chi connectivity index (χ4n) is 1.39. The highest BCUT2D eigenvalue weighted by Gasteiger charge is 2.10. The molecule has 6 nitrogen and oxygen atoms in total. The molecule has 0 amide bonds. The molecule has 0 aliphatic carbocycles. The smallest absolute Gasteiger partial charge is 0.338 e. The third-order valence-electron chi connectivity index (χ3n) is 2.42. The summed E-state index contributed by atoms with van der Waals surface area (Å²) >= 11 is 0. The molecule has 1 rings (SSSR count). The van der Waals surface area contributed by atoms with Gasteiger partial charge in [0.1, 0.15) is 20.0 Å². The average Bonchev–Trinajstić information content (AvgIpc) is 2.50. The summed E-state index contributed by atoms with van der Waals surface area (Å²) in [6, 6.07) is 8.70. The molecule has 1 aromatic rings. The second-order valence-corrected chi connectivity index (χ2v) is 4.21. The van der Waals surface area contributed by atoms with Gasteiger partial charge in [0.25, 0.3) is 0 Å². The Hall–Kier alpha value is -1.92. The largest absolute Gasteiger partial charge is 0.464 e. The molecule has 0 aromatic heterocycles. The van der Waals surface area contributed by atoms with Crippen molar-refractivity contribution in [1.29, 1.82) is 0 Å². The average molecular weight is 296 g/mol. The van der Waals surface area contributed by atoms with Crippen LogP contribution in [0.4, 0.5) is 0 Å². The first-order valence-corrected chi connectivity index (χ1v) is 6.70. The van der Waals surface area contributed by atoms with Crippen LogP contribution in [-0.4, -0.2) is 44.7 Å². The van der Waals surface area contributed by atoms with Gasteiger partial charge in [-0.05, 0) is 26.0 Å². The minimum absolute atomic E-state index is 0.0666. The molecule has 6 heteroatoms. The minimum atomic E-state index is -0.441. The van der Waals surface area contributed by atoms with Gasteiger partial charge in [-0.2, -0.15) is 0 Å². The molecular formula is C15H20O6. The molecule has 0 saturated carbocycles. The van der Waals surface area contributed by atoms with Gasteiger partial charge < -0.3 is 18.9 Å². The lowest BCUT2D eigenvalue weighted by Crippen LogP contribution is -2.22. The van der Waals surface area contributed by atoms with Crippen molar-refractivity contribution in [2.45, 2.75) is 20.0 Å². The summed E-state index contributed by atoms with van der Waals surface area (Å²) < 4.78 is 20.0. The van der Waals surface area contributed by atoms with Crippen molar-refractivity contribution in [1.82, 2.24) is 0 Å². The van der Waals surface area contributed by atoms with Crippen LogP contribution in [0.25, 0.3) is 0 Å². The van der Waals surface area contributed by atoms with E-state index in [1.807, 2.05) is 6.07 Å². The highest BCUT2D eigenvalue weighted by molar-refractivity contribution is 5.89. The number of benzene rings is 1. The van der Waals surface area contributed by atoms with Crippen LogP contribution in [0, 0.1) is 0 Å². The summed E-state index contributed by atoms with van der Waals surface area (Å²) in [6.45, 7) is 3.65. The standard InChI is InChI=1S/C15H20O6/c1-3-19-14(16)10-18-11-21-12(2)9-20-15(17)13-7-5-4-6-8-13/h4-8,12H,3,9-11H2,1-2H3. The van der Waals surface area contributed by atoms with E-state index < -0.39 is 11.9 Å². The Labute approximate surface area is 123 Å². The number of esters is 2. The highest BCUT2D eigenvalue weighted by Crippen LogP contribution is 2.02. The molecule has 0 heterocycles. The van der Waals surface area contributed by atoms with Crippen LogP contribution in [0.1, 0.15) is 24.2 Å². The van der Waals surface area contributed by atoms with Crippen molar-refractivity contribution < 1.29 is 28.5 Å². The van der Waals surface area contributed by atoms with Crippen LogP contribution in [0.15, 0.2) is 30.3 Å². The van der Waals surface area contributed by atoms with Crippen LogP contribution < -0.4 is 0 Å². The molecule has 1 atom stereocenters. The van der Waals surface area contributed by atoms with Gasteiger partial charge in [0.15, 0.2) is 0 Å². The summed E-state index contributed by atoms with van der Waals surface area (Å²) in [6.07, 6.45) is -0.333. The van der Waals surface area contributed by atoms with Crippen LogP contribution in [0.2, 0.25) is 0 Å². The third-order valence-corrected chi connectivity index (χ3v) is 2.42. The highest BCUT2D eigenvalue weighted by atomic mass is 16.7. The summed E-state index contributed by atoms with van der Waals surface area (Å²) in [5, 5.41) is 0. The van der Waals surface area contributed by atoms with E-state index in [-0.39, 0.29) is 26.1 Å². The van der Waals surface area contributed by atoms with Crippen molar-refractivity contribution in [3.63, 3.8) is 0 Å². The molecule has 0 radical (unpaired) electrons. The van der Waals surface area contributed by atoms with E-state index in [0.717, 1.165) is 0 Å². The summed E-state index contributed by atoms with van der Waals surface area (Å²) in [5.41, 5.74) is 0.489. The summed E-state index contributed by atoms with van der Waals surface area (Å²) in [5.74, 6) is -0.845. The molecule has 116 valence electrons. The molecule has 0 aliphatic heterocycles. The van der Waals surface area contributed by atoms with Crippen molar-refractivity contribution in [3.8, 4) is 0 Å². The molecule has 0 N–H and O–H groups in total. The maximum atomic E-state index is 11.7. The summed E-state index contributed by atoms with van der Waals surface area (Å²) in [4.78, 5) is 22.7. The topological polar surface area (TPSA) is 71.1 Å². The Bertz CT molecular complexity index is 431. The van der Waals surface area contributed by atoms with Crippen molar-refractivity contribution >= 4 is 11.9 Å². The van der Waals surface area contributed by atoms with E-state index in [1.165, 1.54) is 0 Å². The van der Waals surface area contributed by atoms with Crippen molar-refractivity contribution in [3.05, 3.63) is 35.9 Å². The molecule has 21 heavy (non-hydrogen) atoms. The Morgan fingerprint density at radius 1 is 1.14 bits per heavy atom. The molecule has 0 bridgehead atoms. The van der Waals surface area contributed by atoms with Crippen LogP contribution in [0.3, 0.4) is 0 Å². The number of hydrogen-bond acceptors (Lipinski definition) is 6. The van der Waals surface area contributed by atoms with Crippen molar-refractivity contribution in [2.75, 3.05) is 26.6 Å². The van der Waals surface area contributed by atoms with Crippen molar-refractivity contribution in [2.24, 2.45) is 0 Å². The van der Waals surface area contributed by atoms with Gasteiger partial charge in [0.05, 0.1) is 18.3 Å². The zero-order valence-electron chi connectivity index (χ0n) is 12.2. The lowest BCUT2D eigenvalue weighted by atomic mass is 10.2. The fourth-order valence-corrected chi connectivity index (χ4v) is 1.39. The Morgan fingerprint density at radius 2 is 1.86 bits per heavy atom. The molecule has 1 aromatic carbocycles. The van der Waals surface area contributed by atoms with E-state index in [4.69, 9.17) is 14.2 Å². The Morgan fingerprint density at radius 3 is 2.52 bits per heavy atom.